The van der Waals surface area contributed by atoms with E-state index in [0.29, 0.717) is 18.8 Å². The van der Waals surface area contributed by atoms with E-state index in [4.69, 9.17) is 18.9 Å². The highest BCUT2D eigenvalue weighted by molar-refractivity contribution is 5.20. The van der Waals surface area contributed by atoms with Gasteiger partial charge < -0.3 is 29.2 Å². The molecule has 6 heteroatoms. The minimum atomic E-state index is -1.15. The van der Waals surface area contributed by atoms with E-state index in [0.717, 1.165) is 16.7 Å². The van der Waals surface area contributed by atoms with Gasteiger partial charge in [0, 0.05) is 0 Å². The third kappa shape index (κ3) is 7.43. The van der Waals surface area contributed by atoms with E-state index in [1.807, 2.05) is 121 Å². The van der Waals surface area contributed by atoms with Gasteiger partial charge in [-0.15, -0.1) is 0 Å². The lowest BCUT2D eigenvalue weighted by atomic mass is 9.89. The maximum Gasteiger partial charge on any atom is 0.117 e. The lowest BCUT2D eigenvalue weighted by molar-refractivity contribution is -0.276. The highest BCUT2D eigenvalue weighted by Crippen LogP contribution is 2.34. The van der Waals surface area contributed by atoms with Crippen molar-refractivity contribution < 1.29 is 29.2 Å². The van der Waals surface area contributed by atoms with Crippen molar-refractivity contribution >= 4 is 0 Å². The van der Waals surface area contributed by atoms with E-state index in [1.165, 1.54) is 0 Å². The van der Waals surface area contributed by atoms with Gasteiger partial charge in [0.1, 0.15) is 36.6 Å². The maximum absolute atomic E-state index is 11.6. The van der Waals surface area contributed by atoms with Gasteiger partial charge in [0.15, 0.2) is 0 Å². The van der Waals surface area contributed by atoms with Crippen LogP contribution in [0.25, 0.3) is 0 Å². The molecule has 2 N–H and O–H groups in total. The summed E-state index contributed by atoms with van der Waals surface area (Å²) < 4.78 is 25.3. The Hall–Kier alpha value is -3.36. The molecule has 0 spiro atoms. The summed E-state index contributed by atoms with van der Waals surface area (Å²) in [4.78, 5) is 0. The van der Waals surface area contributed by atoms with Gasteiger partial charge in [0.25, 0.3) is 0 Å². The van der Waals surface area contributed by atoms with Crippen molar-refractivity contribution in [2.45, 2.75) is 56.4 Å². The van der Waals surface area contributed by atoms with Crippen LogP contribution in [-0.4, -0.2) is 47.3 Å². The lowest BCUT2D eigenvalue weighted by Crippen LogP contribution is -2.61. The van der Waals surface area contributed by atoms with E-state index in [9.17, 15) is 10.2 Å². The third-order valence-electron chi connectivity index (χ3n) is 7.11. The number of aliphatic hydroxyl groups is 2. The maximum atomic E-state index is 11.6. The van der Waals surface area contributed by atoms with Gasteiger partial charge in [-0.2, -0.15) is 0 Å². The summed E-state index contributed by atoms with van der Waals surface area (Å²) in [6.45, 7) is 1.19. The molecule has 40 heavy (non-hydrogen) atoms. The number of rotatable bonds is 12. The molecule has 1 heterocycles. The molecule has 1 unspecified atom stereocenters. The first-order valence-corrected chi connectivity index (χ1v) is 13.7. The Morgan fingerprint density at radius 3 is 1.57 bits per heavy atom. The zero-order chi connectivity index (χ0) is 27.6. The molecule has 0 aliphatic carbocycles. The fourth-order valence-electron chi connectivity index (χ4n) is 4.98. The average molecular weight is 541 g/mol. The van der Waals surface area contributed by atoms with Gasteiger partial charge in [-0.05, 0) is 22.3 Å². The van der Waals surface area contributed by atoms with Crippen molar-refractivity contribution in [1.82, 2.24) is 0 Å². The van der Waals surface area contributed by atoms with E-state index in [1.54, 1.807) is 0 Å². The molecule has 6 atom stereocenters. The number of hydrogen-bond donors (Lipinski definition) is 2. The number of benzene rings is 4. The first kappa shape index (κ1) is 28.2. The fraction of sp³-hybridized carbons (Fsp3) is 0.294. The molecule has 1 aliphatic heterocycles. The second-order valence-electron chi connectivity index (χ2n) is 10.0. The summed E-state index contributed by atoms with van der Waals surface area (Å²) in [6, 6.07) is 38.8. The molecule has 4 aromatic carbocycles. The van der Waals surface area contributed by atoms with Gasteiger partial charge in [0.2, 0.25) is 0 Å². The Morgan fingerprint density at radius 1 is 0.600 bits per heavy atom. The molecule has 4 aromatic rings. The highest BCUT2D eigenvalue weighted by Gasteiger charge is 2.49. The van der Waals surface area contributed by atoms with Crippen molar-refractivity contribution in [2.75, 3.05) is 6.61 Å². The second-order valence-corrected chi connectivity index (χ2v) is 10.0. The number of hydrogen-bond acceptors (Lipinski definition) is 6. The summed E-state index contributed by atoms with van der Waals surface area (Å²) in [7, 11) is 0. The molecule has 5 rings (SSSR count). The van der Waals surface area contributed by atoms with Crippen LogP contribution in [0.3, 0.4) is 0 Å². The molecule has 1 fully saturated rings. The van der Waals surface area contributed by atoms with E-state index >= 15 is 0 Å². The zero-order valence-electron chi connectivity index (χ0n) is 22.4. The molecule has 0 amide bonds. The Balaban J connectivity index is 1.40. The summed E-state index contributed by atoms with van der Waals surface area (Å²) >= 11 is 0. The zero-order valence-corrected chi connectivity index (χ0v) is 22.4. The predicted molar refractivity (Wildman–Crippen MR) is 152 cm³/mol. The van der Waals surface area contributed by atoms with Crippen molar-refractivity contribution in [2.24, 2.45) is 0 Å². The molecule has 0 bridgehead atoms. The van der Waals surface area contributed by atoms with Gasteiger partial charge in [-0.1, -0.05) is 121 Å². The summed E-state index contributed by atoms with van der Waals surface area (Å²) in [5, 5.41) is 22.9. The SMILES string of the molecule is OC(c1ccccc1)[C@@H]1O[C@H](COCc2ccccc2)[C@@H](OCc2ccccc2)[C@H](OCc2ccccc2)[C@H]1O. The predicted octanol–water partition coefficient (Wildman–Crippen LogP) is 5.24. The third-order valence-corrected chi connectivity index (χ3v) is 7.11. The molecule has 1 saturated heterocycles. The number of ether oxygens (including phenoxy) is 4. The van der Waals surface area contributed by atoms with Gasteiger partial charge in [0.05, 0.1) is 26.4 Å². The molecule has 208 valence electrons. The molecular weight excluding hydrogens is 504 g/mol. The molecule has 0 radical (unpaired) electrons. The number of aliphatic hydroxyl groups excluding tert-OH is 2. The molecule has 6 nitrogen and oxygen atoms in total. The van der Waals surface area contributed by atoms with E-state index in [-0.39, 0.29) is 13.2 Å². The summed E-state index contributed by atoms with van der Waals surface area (Å²) in [6.07, 6.45) is -5.17. The quantitative estimate of drug-likeness (QED) is 0.256. The molecule has 0 saturated carbocycles. The highest BCUT2D eigenvalue weighted by atomic mass is 16.6. The standard InChI is InChI=1S/C34H36O6/c35-30(28-19-11-4-12-20-28)33-31(36)34(39-23-27-17-9-3-10-18-27)32(38-22-26-15-7-2-8-16-26)29(40-33)24-37-21-25-13-5-1-6-14-25/h1-20,29-36H,21-24H2/t29-,30?,31+,32-,33+,34-/m1/s1. The van der Waals surface area contributed by atoms with Crippen molar-refractivity contribution in [3.63, 3.8) is 0 Å². The Bertz CT molecular complexity index is 1250. The Kier molecular flexibility index (Phi) is 10.1. The second kappa shape index (κ2) is 14.3. The van der Waals surface area contributed by atoms with Crippen LogP contribution < -0.4 is 0 Å². The monoisotopic (exact) mass is 540 g/mol. The van der Waals surface area contributed by atoms with Gasteiger partial charge in [-0.25, -0.2) is 0 Å². The van der Waals surface area contributed by atoms with Crippen LogP contribution in [0.1, 0.15) is 28.4 Å². The van der Waals surface area contributed by atoms with Crippen LogP contribution >= 0.6 is 0 Å². The lowest BCUT2D eigenvalue weighted by Gasteiger charge is -2.46. The minimum Gasteiger partial charge on any atom is -0.387 e. The molecule has 1 aliphatic rings. The average Bonchev–Trinajstić information content (AvgIpc) is 3.02. The molecular formula is C34H36O6. The normalized spacial score (nSPS) is 23.5. The first-order chi connectivity index (χ1) is 19.7. The van der Waals surface area contributed by atoms with Crippen molar-refractivity contribution in [1.29, 1.82) is 0 Å². The van der Waals surface area contributed by atoms with E-state index < -0.39 is 36.6 Å². The largest absolute Gasteiger partial charge is 0.387 e. The van der Waals surface area contributed by atoms with Crippen LogP contribution in [0, 0.1) is 0 Å². The van der Waals surface area contributed by atoms with Crippen molar-refractivity contribution in [3.05, 3.63) is 144 Å². The fourth-order valence-corrected chi connectivity index (χ4v) is 4.98. The van der Waals surface area contributed by atoms with Gasteiger partial charge in [-0.3, -0.25) is 0 Å². The molecule has 0 aromatic heterocycles. The Morgan fingerprint density at radius 2 is 1.05 bits per heavy atom. The van der Waals surface area contributed by atoms with Crippen LogP contribution in [0.2, 0.25) is 0 Å². The smallest absolute Gasteiger partial charge is 0.117 e. The minimum absolute atomic E-state index is 0.199. The Labute approximate surface area is 235 Å². The van der Waals surface area contributed by atoms with Crippen LogP contribution in [0.15, 0.2) is 121 Å². The van der Waals surface area contributed by atoms with Gasteiger partial charge >= 0.3 is 0 Å². The topological polar surface area (TPSA) is 77.4 Å². The van der Waals surface area contributed by atoms with Crippen LogP contribution in [0.4, 0.5) is 0 Å². The van der Waals surface area contributed by atoms with Crippen molar-refractivity contribution in [3.8, 4) is 0 Å². The first-order valence-electron chi connectivity index (χ1n) is 13.7. The van der Waals surface area contributed by atoms with Crippen LogP contribution in [0.5, 0.6) is 0 Å². The summed E-state index contributed by atoms with van der Waals surface area (Å²) in [5.41, 5.74) is 3.66. The summed E-state index contributed by atoms with van der Waals surface area (Å²) in [5.74, 6) is 0. The van der Waals surface area contributed by atoms with E-state index in [2.05, 4.69) is 0 Å². The van der Waals surface area contributed by atoms with Crippen LogP contribution in [-0.2, 0) is 38.8 Å².